The van der Waals surface area contributed by atoms with Crippen molar-refractivity contribution in [2.75, 3.05) is 11.9 Å². The van der Waals surface area contributed by atoms with Crippen LogP contribution in [0.5, 0.6) is 0 Å². The summed E-state index contributed by atoms with van der Waals surface area (Å²) in [4.78, 5) is 17.7. The van der Waals surface area contributed by atoms with Gasteiger partial charge in [0.2, 0.25) is 0 Å². The number of hydrogen-bond donors (Lipinski definition) is 1. The van der Waals surface area contributed by atoms with Gasteiger partial charge in [0.1, 0.15) is 11.8 Å². The summed E-state index contributed by atoms with van der Waals surface area (Å²) >= 11 is 0. The van der Waals surface area contributed by atoms with E-state index in [-0.39, 0.29) is 0 Å². The highest BCUT2D eigenvalue weighted by Crippen LogP contribution is 2.31. The van der Waals surface area contributed by atoms with E-state index in [0.29, 0.717) is 6.04 Å². The molecule has 0 aromatic carbocycles. The van der Waals surface area contributed by atoms with Gasteiger partial charge in [-0.25, -0.2) is 15.0 Å². The molecule has 1 fully saturated rings. The van der Waals surface area contributed by atoms with E-state index in [1.165, 1.54) is 12.8 Å². The minimum absolute atomic E-state index is 0.649. The van der Waals surface area contributed by atoms with Crippen LogP contribution >= 0.6 is 0 Å². The topological polar surface area (TPSA) is 57.7 Å². The first-order chi connectivity index (χ1) is 6.86. The number of nitrogens with one attached hydrogen (secondary N) is 1. The van der Waals surface area contributed by atoms with Crippen molar-refractivity contribution in [1.82, 2.24) is 19.9 Å². The Bertz CT molecular complexity index is 459. The first-order valence-electron chi connectivity index (χ1n) is 4.73. The molecule has 1 N–H and O–H groups in total. The van der Waals surface area contributed by atoms with Gasteiger partial charge in [-0.2, -0.15) is 0 Å². The summed E-state index contributed by atoms with van der Waals surface area (Å²) in [6.07, 6.45) is 5.74. The van der Waals surface area contributed by atoms with Crippen molar-refractivity contribution in [3.63, 3.8) is 0 Å². The lowest BCUT2D eigenvalue weighted by Crippen LogP contribution is -2.21. The zero-order valence-electron chi connectivity index (χ0n) is 7.94. The van der Waals surface area contributed by atoms with Crippen LogP contribution in [0.15, 0.2) is 12.7 Å². The van der Waals surface area contributed by atoms with E-state index >= 15 is 0 Å². The molecule has 0 spiro atoms. The predicted molar refractivity (Wildman–Crippen MR) is 53.1 cm³/mol. The Morgan fingerprint density at radius 3 is 3.00 bits per heavy atom. The third kappa shape index (κ3) is 1.05. The molecular weight excluding hydrogens is 178 g/mol. The number of aromatic amines is 1. The van der Waals surface area contributed by atoms with Gasteiger partial charge in [0.05, 0.1) is 6.33 Å². The van der Waals surface area contributed by atoms with Crippen molar-refractivity contribution < 1.29 is 0 Å². The van der Waals surface area contributed by atoms with Gasteiger partial charge < -0.3 is 9.88 Å². The number of H-pyrrole nitrogens is 1. The maximum absolute atomic E-state index is 4.28. The molecule has 5 nitrogen and oxygen atoms in total. The molecule has 0 radical (unpaired) electrons. The zero-order valence-corrected chi connectivity index (χ0v) is 7.94. The monoisotopic (exact) mass is 189 g/mol. The molecule has 0 atom stereocenters. The number of anilines is 1. The predicted octanol–water partition coefficient (Wildman–Crippen LogP) is 0.952. The summed E-state index contributed by atoms with van der Waals surface area (Å²) in [5.41, 5.74) is 1.67. The molecular formula is C9H11N5. The fraction of sp³-hybridized carbons (Fsp3) is 0.444. The maximum Gasteiger partial charge on any atom is 0.182 e. The van der Waals surface area contributed by atoms with Gasteiger partial charge >= 0.3 is 0 Å². The van der Waals surface area contributed by atoms with Gasteiger partial charge in [0, 0.05) is 13.1 Å². The third-order valence-electron chi connectivity index (χ3n) is 2.63. The van der Waals surface area contributed by atoms with Gasteiger partial charge in [-0.05, 0) is 12.8 Å². The molecule has 72 valence electrons. The molecule has 2 aromatic heterocycles. The molecule has 2 heterocycles. The van der Waals surface area contributed by atoms with Crippen LogP contribution in [0.3, 0.4) is 0 Å². The Kier molecular flexibility index (Phi) is 1.47. The smallest absolute Gasteiger partial charge is 0.182 e. The first kappa shape index (κ1) is 7.73. The quantitative estimate of drug-likeness (QED) is 0.764. The van der Waals surface area contributed by atoms with Crippen molar-refractivity contribution >= 4 is 17.0 Å². The van der Waals surface area contributed by atoms with Crippen LogP contribution in [-0.4, -0.2) is 33.0 Å². The fourth-order valence-corrected chi connectivity index (χ4v) is 1.65. The van der Waals surface area contributed by atoms with Crippen molar-refractivity contribution in [2.24, 2.45) is 0 Å². The van der Waals surface area contributed by atoms with Crippen LogP contribution in [0, 0.1) is 0 Å². The molecule has 1 saturated carbocycles. The van der Waals surface area contributed by atoms with Crippen molar-refractivity contribution in [2.45, 2.75) is 18.9 Å². The summed E-state index contributed by atoms with van der Waals surface area (Å²) in [6.45, 7) is 0. The molecule has 2 aromatic rings. The fourth-order valence-electron chi connectivity index (χ4n) is 1.65. The molecule has 1 aliphatic rings. The first-order valence-corrected chi connectivity index (χ1v) is 4.73. The number of fused-ring (bicyclic) bond motifs is 1. The molecule has 0 saturated heterocycles. The van der Waals surface area contributed by atoms with Crippen LogP contribution in [0.1, 0.15) is 12.8 Å². The van der Waals surface area contributed by atoms with Crippen LogP contribution in [0.4, 0.5) is 5.82 Å². The highest BCUT2D eigenvalue weighted by molar-refractivity contribution is 5.82. The van der Waals surface area contributed by atoms with Gasteiger partial charge in [-0.3, -0.25) is 0 Å². The highest BCUT2D eigenvalue weighted by atomic mass is 15.2. The second-order valence-electron chi connectivity index (χ2n) is 3.64. The summed E-state index contributed by atoms with van der Waals surface area (Å²) in [6, 6.07) is 0.649. The van der Waals surface area contributed by atoms with Crippen LogP contribution < -0.4 is 4.90 Å². The van der Waals surface area contributed by atoms with Crippen molar-refractivity contribution in [3.8, 4) is 0 Å². The standard InChI is InChI=1S/C9H11N5/c1-14(6-2-3-6)9-7-8(11-4-10-7)12-5-13-9/h4-6H,2-3H2,1H3,(H,10,11,12,13). The number of nitrogens with zero attached hydrogens (tertiary/aromatic N) is 4. The average Bonchev–Trinajstić information content (AvgIpc) is 2.94. The van der Waals surface area contributed by atoms with Gasteiger partial charge in [-0.15, -0.1) is 0 Å². The van der Waals surface area contributed by atoms with Gasteiger partial charge in [0.15, 0.2) is 11.5 Å². The van der Waals surface area contributed by atoms with E-state index in [0.717, 1.165) is 17.0 Å². The van der Waals surface area contributed by atoms with Crippen LogP contribution in [0.2, 0.25) is 0 Å². The summed E-state index contributed by atoms with van der Waals surface area (Å²) in [5.74, 6) is 0.954. The van der Waals surface area contributed by atoms with Crippen LogP contribution in [0.25, 0.3) is 11.2 Å². The molecule has 14 heavy (non-hydrogen) atoms. The second kappa shape index (κ2) is 2.67. The lowest BCUT2D eigenvalue weighted by atomic mass is 10.4. The van der Waals surface area contributed by atoms with E-state index in [2.05, 4.69) is 31.9 Å². The summed E-state index contributed by atoms with van der Waals surface area (Å²) < 4.78 is 0. The zero-order chi connectivity index (χ0) is 9.54. The second-order valence-corrected chi connectivity index (χ2v) is 3.64. The minimum Gasteiger partial charge on any atom is -0.355 e. The molecule has 5 heteroatoms. The Morgan fingerprint density at radius 2 is 2.21 bits per heavy atom. The maximum atomic E-state index is 4.28. The van der Waals surface area contributed by atoms with E-state index in [9.17, 15) is 0 Å². The highest BCUT2D eigenvalue weighted by Gasteiger charge is 2.28. The van der Waals surface area contributed by atoms with E-state index in [4.69, 9.17) is 0 Å². The number of imidazole rings is 1. The number of hydrogen-bond acceptors (Lipinski definition) is 4. The Morgan fingerprint density at radius 1 is 1.36 bits per heavy atom. The van der Waals surface area contributed by atoms with E-state index in [1.54, 1.807) is 12.7 Å². The van der Waals surface area contributed by atoms with Gasteiger partial charge in [-0.1, -0.05) is 0 Å². The summed E-state index contributed by atoms with van der Waals surface area (Å²) in [5, 5.41) is 0. The molecule has 3 rings (SSSR count). The van der Waals surface area contributed by atoms with E-state index in [1.807, 2.05) is 0 Å². The Balaban J connectivity index is 2.14. The van der Waals surface area contributed by atoms with Gasteiger partial charge in [0.25, 0.3) is 0 Å². The Labute approximate surface area is 81.2 Å². The lowest BCUT2D eigenvalue weighted by molar-refractivity contribution is 0.892. The lowest BCUT2D eigenvalue weighted by Gasteiger charge is -2.16. The molecule has 0 bridgehead atoms. The van der Waals surface area contributed by atoms with Crippen molar-refractivity contribution in [3.05, 3.63) is 12.7 Å². The number of rotatable bonds is 2. The van der Waals surface area contributed by atoms with Crippen molar-refractivity contribution in [1.29, 1.82) is 0 Å². The van der Waals surface area contributed by atoms with Crippen LogP contribution in [-0.2, 0) is 0 Å². The normalized spacial score (nSPS) is 16.1. The SMILES string of the molecule is CN(c1ncnc2nc[nH]c12)C1CC1. The molecule has 0 unspecified atom stereocenters. The summed E-state index contributed by atoms with van der Waals surface area (Å²) in [7, 11) is 2.07. The molecule has 1 aliphatic carbocycles. The molecule has 0 amide bonds. The Hall–Kier alpha value is -1.65. The average molecular weight is 189 g/mol. The number of aromatic nitrogens is 4. The third-order valence-corrected chi connectivity index (χ3v) is 2.63. The van der Waals surface area contributed by atoms with E-state index < -0.39 is 0 Å². The largest absolute Gasteiger partial charge is 0.355 e. The minimum atomic E-state index is 0.649. The molecule has 0 aliphatic heterocycles.